The van der Waals surface area contributed by atoms with Gasteiger partial charge in [0.15, 0.2) is 0 Å². The molecule has 1 aromatic carbocycles. The molecule has 2 amide bonds. The summed E-state index contributed by atoms with van der Waals surface area (Å²) in [6.07, 6.45) is 5.76. The van der Waals surface area contributed by atoms with Crippen LogP contribution in [0.3, 0.4) is 0 Å². The highest BCUT2D eigenvalue weighted by Crippen LogP contribution is 2.27. The van der Waals surface area contributed by atoms with Crippen LogP contribution in [0.1, 0.15) is 45.1 Å². The third-order valence-electron chi connectivity index (χ3n) is 5.43. The van der Waals surface area contributed by atoms with Gasteiger partial charge in [0.1, 0.15) is 6.04 Å². The lowest BCUT2D eigenvalue weighted by molar-refractivity contribution is -0.136. The Balaban J connectivity index is 1.70. The normalized spacial score (nSPS) is 24.0. The van der Waals surface area contributed by atoms with Crippen molar-refractivity contribution in [1.82, 2.24) is 15.1 Å². The maximum atomic E-state index is 12.8. The monoisotopic (exact) mass is 354 g/mol. The van der Waals surface area contributed by atoms with Gasteiger partial charge in [0, 0.05) is 30.1 Å². The lowest BCUT2D eigenvalue weighted by Gasteiger charge is -2.35. The minimum Gasteiger partial charge on any atom is -0.369 e. The Bertz CT molecular complexity index is 936. The molecule has 3 heterocycles. The summed E-state index contributed by atoms with van der Waals surface area (Å²) < 4.78 is 1.20. The third kappa shape index (κ3) is 2.87. The zero-order chi connectivity index (χ0) is 18.3. The first-order valence-electron chi connectivity index (χ1n) is 9.16. The number of anilines is 1. The van der Waals surface area contributed by atoms with Crippen molar-refractivity contribution >= 4 is 28.3 Å². The van der Waals surface area contributed by atoms with Crippen LogP contribution in [-0.4, -0.2) is 34.2 Å². The molecule has 0 bridgehead atoms. The van der Waals surface area contributed by atoms with E-state index in [-0.39, 0.29) is 17.9 Å². The molecule has 7 nitrogen and oxygen atoms in total. The summed E-state index contributed by atoms with van der Waals surface area (Å²) in [5.74, 6) is -0.769. The minimum atomic E-state index is -0.730. The molecule has 2 atom stereocenters. The van der Waals surface area contributed by atoms with Crippen LogP contribution in [0, 0.1) is 0 Å². The quantitative estimate of drug-likeness (QED) is 0.831. The van der Waals surface area contributed by atoms with E-state index in [1.165, 1.54) is 23.9 Å². The van der Waals surface area contributed by atoms with E-state index in [0.29, 0.717) is 17.8 Å². The number of hydrogen-bond acceptors (Lipinski definition) is 5. The lowest BCUT2D eigenvalue weighted by Crippen LogP contribution is -2.45. The predicted octanol–water partition coefficient (Wildman–Crippen LogP) is 1.75. The number of rotatable bonds is 2. The second-order valence-electron chi connectivity index (χ2n) is 7.17. The first-order chi connectivity index (χ1) is 12.5. The van der Waals surface area contributed by atoms with E-state index in [2.05, 4.69) is 22.2 Å². The van der Waals surface area contributed by atoms with E-state index >= 15 is 0 Å². The van der Waals surface area contributed by atoms with Crippen molar-refractivity contribution in [3.63, 3.8) is 0 Å². The molecule has 1 aromatic heterocycles. The average Bonchev–Trinajstić information content (AvgIpc) is 2.63. The van der Waals surface area contributed by atoms with Gasteiger partial charge in [-0.2, -0.15) is 5.10 Å². The van der Waals surface area contributed by atoms with Crippen LogP contribution in [-0.2, 0) is 9.59 Å². The fourth-order valence-electron chi connectivity index (χ4n) is 3.95. The average molecular weight is 354 g/mol. The van der Waals surface area contributed by atoms with Crippen LogP contribution in [0.5, 0.6) is 0 Å². The molecule has 1 unspecified atom stereocenters. The van der Waals surface area contributed by atoms with Crippen LogP contribution < -0.4 is 15.8 Å². The number of nitrogens with zero attached hydrogens (tertiary/aromatic N) is 3. The smallest absolute Gasteiger partial charge is 0.275 e. The molecule has 2 fully saturated rings. The summed E-state index contributed by atoms with van der Waals surface area (Å²) in [5, 5.41) is 7.81. The number of benzene rings is 1. The Hall–Kier alpha value is -2.70. The molecular formula is C19H22N4O3. The number of imide groups is 1. The van der Waals surface area contributed by atoms with Crippen molar-refractivity contribution < 1.29 is 9.59 Å². The van der Waals surface area contributed by atoms with Gasteiger partial charge in [0.05, 0.1) is 11.6 Å². The number of fused-ring (bicyclic) bond motifs is 1. The molecule has 2 aromatic rings. The van der Waals surface area contributed by atoms with Crippen LogP contribution >= 0.6 is 0 Å². The number of aromatic nitrogens is 2. The first kappa shape index (κ1) is 16.8. The number of piperidine rings is 2. The highest BCUT2D eigenvalue weighted by molar-refractivity contribution is 5.99. The standard InChI is InChI=1S/C19H22N4O3/c1-12-4-2-3-9-22(12)14-5-6-15-13(10-14)11-20-23(19(15)26)16-7-8-17(24)21-18(16)25/h5-6,10-12,16H,2-4,7-9H2,1H3,(H,21,24,25)/t12-,16?/m1/s1. The highest BCUT2D eigenvalue weighted by Gasteiger charge is 2.30. The molecule has 0 saturated carbocycles. The van der Waals surface area contributed by atoms with Crippen molar-refractivity contribution in [1.29, 1.82) is 0 Å². The molecule has 1 N–H and O–H groups in total. The molecule has 0 spiro atoms. The maximum Gasteiger partial charge on any atom is 0.275 e. The summed E-state index contributed by atoms with van der Waals surface area (Å²) >= 11 is 0. The van der Waals surface area contributed by atoms with E-state index in [4.69, 9.17) is 0 Å². The summed E-state index contributed by atoms with van der Waals surface area (Å²) in [5.41, 5.74) is 0.805. The Morgan fingerprint density at radius 2 is 2.00 bits per heavy atom. The molecular weight excluding hydrogens is 332 g/mol. The van der Waals surface area contributed by atoms with Gasteiger partial charge in [0.25, 0.3) is 11.5 Å². The van der Waals surface area contributed by atoms with Crippen LogP contribution in [0.15, 0.2) is 29.2 Å². The first-order valence-corrected chi connectivity index (χ1v) is 9.16. The molecule has 136 valence electrons. The van der Waals surface area contributed by atoms with Gasteiger partial charge in [-0.3, -0.25) is 19.7 Å². The van der Waals surface area contributed by atoms with E-state index in [0.717, 1.165) is 17.6 Å². The number of hydrogen-bond donors (Lipinski definition) is 1. The summed E-state index contributed by atoms with van der Waals surface area (Å²) in [7, 11) is 0. The molecule has 4 rings (SSSR count). The van der Waals surface area contributed by atoms with Crippen molar-refractivity contribution in [2.75, 3.05) is 11.4 Å². The van der Waals surface area contributed by atoms with Crippen LogP contribution in [0.4, 0.5) is 5.69 Å². The van der Waals surface area contributed by atoms with Crippen molar-refractivity contribution in [2.24, 2.45) is 0 Å². The van der Waals surface area contributed by atoms with Gasteiger partial charge in [-0.05, 0) is 50.8 Å². The maximum absolute atomic E-state index is 12.8. The van der Waals surface area contributed by atoms with E-state index in [1.807, 2.05) is 18.2 Å². The number of amides is 2. The fourth-order valence-corrected chi connectivity index (χ4v) is 3.95. The molecule has 2 aliphatic rings. The van der Waals surface area contributed by atoms with E-state index < -0.39 is 11.9 Å². The largest absolute Gasteiger partial charge is 0.369 e. The highest BCUT2D eigenvalue weighted by atomic mass is 16.2. The van der Waals surface area contributed by atoms with Gasteiger partial charge in [-0.15, -0.1) is 0 Å². The van der Waals surface area contributed by atoms with Gasteiger partial charge in [-0.1, -0.05) is 0 Å². The molecule has 0 radical (unpaired) electrons. The zero-order valence-corrected chi connectivity index (χ0v) is 14.8. The Morgan fingerprint density at radius 1 is 1.15 bits per heavy atom. The zero-order valence-electron chi connectivity index (χ0n) is 14.8. The SMILES string of the molecule is C[C@@H]1CCCCN1c1ccc2c(=O)n(C3CCC(=O)NC3=O)ncc2c1. The molecule has 26 heavy (non-hydrogen) atoms. The van der Waals surface area contributed by atoms with E-state index in [9.17, 15) is 14.4 Å². The summed E-state index contributed by atoms with van der Waals surface area (Å²) in [6.45, 7) is 3.25. The number of carbonyl (C=O) groups excluding carboxylic acids is 2. The second kappa shape index (κ2) is 6.55. The van der Waals surface area contributed by atoms with Crippen LogP contribution in [0.2, 0.25) is 0 Å². The molecule has 2 aliphatic heterocycles. The van der Waals surface area contributed by atoms with E-state index in [1.54, 1.807) is 6.20 Å². The number of carbonyl (C=O) groups is 2. The topological polar surface area (TPSA) is 84.3 Å². The molecule has 0 aliphatic carbocycles. The Morgan fingerprint density at radius 3 is 2.77 bits per heavy atom. The van der Waals surface area contributed by atoms with Gasteiger partial charge < -0.3 is 4.90 Å². The summed E-state index contributed by atoms with van der Waals surface area (Å²) in [4.78, 5) is 38.6. The Labute approximate surface area is 151 Å². The molecule has 7 heteroatoms. The fraction of sp³-hybridized carbons (Fsp3) is 0.474. The summed E-state index contributed by atoms with van der Waals surface area (Å²) in [6, 6.07) is 5.54. The predicted molar refractivity (Wildman–Crippen MR) is 98.1 cm³/mol. The Kier molecular flexibility index (Phi) is 4.22. The number of nitrogens with one attached hydrogen (secondary N) is 1. The lowest BCUT2D eigenvalue weighted by atomic mass is 10.0. The third-order valence-corrected chi connectivity index (χ3v) is 5.43. The van der Waals surface area contributed by atoms with Crippen molar-refractivity contribution in [3.8, 4) is 0 Å². The van der Waals surface area contributed by atoms with Gasteiger partial charge in [-0.25, -0.2) is 4.68 Å². The minimum absolute atomic E-state index is 0.217. The second-order valence-corrected chi connectivity index (χ2v) is 7.17. The molecule has 2 saturated heterocycles. The van der Waals surface area contributed by atoms with Gasteiger partial charge >= 0.3 is 0 Å². The van der Waals surface area contributed by atoms with Gasteiger partial charge in [0.2, 0.25) is 5.91 Å². The van der Waals surface area contributed by atoms with Crippen LogP contribution in [0.25, 0.3) is 10.8 Å². The van der Waals surface area contributed by atoms with Crippen molar-refractivity contribution in [2.45, 2.75) is 51.1 Å². The van der Waals surface area contributed by atoms with Crippen molar-refractivity contribution in [3.05, 3.63) is 34.7 Å².